The van der Waals surface area contributed by atoms with Gasteiger partial charge in [0.25, 0.3) is 0 Å². The first-order chi connectivity index (χ1) is 10.8. The van der Waals surface area contributed by atoms with Crippen LogP contribution in [0, 0.1) is 0 Å². The Bertz CT molecular complexity index is 479. The molecule has 0 radical (unpaired) electrons. The van der Waals surface area contributed by atoms with E-state index in [0.29, 0.717) is 0 Å². The Balaban J connectivity index is 6.61. The van der Waals surface area contributed by atoms with E-state index < -0.39 is 68.2 Å². The van der Waals surface area contributed by atoms with Crippen molar-refractivity contribution in [3.05, 3.63) is 0 Å². The van der Waals surface area contributed by atoms with E-state index in [1.165, 1.54) is 0 Å². The maximum Gasteiger partial charge on any atom is 0.460 e. The summed E-state index contributed by atoms with van der Waals surface area (Å²) in [7, 11) is 0. The largest absolute Gasteiger partial charge is 0.460 e. The van der Waals surface area contributed by atoms with Crippen LogP contribution in [0.15, 0.2) is 0 Å². The van der Waals surface area contributed by atoms with Gasteiger partial charge >= 0.3 is 45.6 Å². The van der Waals surface area contributed by atoms with Gasteiger partial charge in [0.05, 0.1) is 0 Å². The normalized spacial score (nSPS) is 18.7. The predicted octanol–water partition coefficient (Wildman–Crippen LogP) is 5.41. The van der Waals surface area contributed by atoms with Gasteiger partial charge in [0.15, 0.2) is 0 Å². The van der Waals surface area contributed by atoms with E-state index in [1.54, 1.807) is 0 Å². The zero-order chi connectivity index (χ0) is 22.0. The molecule has 1 N–H and O–H groups in total. The molecule has 0 aliphatic carbocycles. The zero-order valence-electron chi connectivity index (χ0n) is 10.9. The third kappa shape index (κ3) is 3.07. The van der Waals surface area contributed by atoms with Crippen LogP contribution in [0.4, 0.5) is 70.2 Å². The third-order valence-corrected chi connectivity index (χ3v) is 3.44. The minimum atomic E-state index is -8.48. The van der Waals surface area contributed by atoms with E-state index in [9.17, 15) is 70.2 Å². The zero-order valence-corrected chi connectivity index (χ0v) is 13.0. The van der Waals surface area contributed by atoms with Gasteiger partial charge in [-0.25, -0.2) is 0 Å². The van der Waals surface area contributed by atoms with Crippen molar-refractivity contribution in [2.75, 3.05) is 0 Å². The molecule has 0 aromatic rings. The summed E-state index contributed by atoms with van der Waals surface area (Å²) in [4.78, 5) is 0. The summed E-state index contributed by atoms with van der Waals surface area (Å²) < 4.78 is 195. The minimum absolute atomic E-state index is 0.869. The molecular formula is C8HF16IO. The molecule has 1 atom stereocenters. The summed E-state index contributed by atoms with van der Waals surface area (Å²) in [5.41, 5.74) is 0. The Morgan fingerprint density at radius 2 is 0.654 bits per heavy atom. The Labute approximate surface area is 144 Å². The van der Waals surface area contributed by atoms with Crippen LogP contribution in [0.1, 0.15) is 0 Å². The molecule has 0 bridgehead atoms. The molecule has 18 heteroatoms. The minimum Gasteiger partial charge on any atom is -0.352 e. The van der Waals surface area contributed by atoms with E-state index in [0.717, 1.165) is 0 Å². The lowest BCUT2D eigenvalue weighted by atomic mass is 9.90. The first-order valence-electron chi connectivity index (χ1n) is 5.19. The summed E-state index contributed by atoms with van der Waals surface area (Å²) in [6.07, 6.45) is -7.70. The molecule has 0 aliphatic heterocycles. The number of alkyl halides is 17. The summed E-state index contributed by atoms with van der Waals surface area (Å²) in [6.45, 7) is 0. The van der Waals surface area contributed by atoms with Crippen LogP contribution in [0.2, 0.25) is 0 Å². The monoisotopic (exact) mass is 544 g/mol. The molecule has 1 nitrogen and oxygen atoms in total. The molecular weight excluding hydrogens is 543 g/mol. The molecule has 0 aliphatic rings. The van der Waals surface area contributed by atoms with Crippen molar-refractivity contribution in [1.29, 1.82) is 0 Å². The van der Waals surface area contributed by atoms with Gasteiger partial charge in [-0.3, -0.25) is 0 Å². The fourth-order valence-electron chi connectivity index (χ4n) is 1.16. The molecule has 0 amide bonds. The molecule has 1 unspecified atom stereocenters. The van der Waals surface area contributed by atoms with Crippen LogP contribution in [-0.2, 0) is 0 Å². The van der Waals surface area contributed by atoms with Gasteiger partial charge in [-0.1, -0.05) is 0 Å². The fourth-order valence-corrected chi connectivity index (χ4v) is 1.49. The molecule has 0 aromatic heterocycles. The van der Waals surface area contributed by atoms with E-state index in [2.05, 4.69) is 0 Å². The van der Waals surface area contributed by atoms with E-state index >= 15 is 0 Å². The van der Waals surface area contributed by atoms with Crippen molar-refractivity contribution in [3.8, 4) is 0 Å². The molecule has 0 aromatic carbocycles. The van der Waals surface area contributed by atoms with Crippen molar-refractivity contribution in [2.24, 2.45) is 0 Å². The van der Waals surface area contributed by atoms with E-state index in [1.807, 2.05) is 0 Å². The maximum atomic E-state index is 13.0. The lowest BCUT2D eigenvalue weighted by Gasteiger charge is -2.42. The second-order valence-electron chi connectivity index (χ2n) is 4.49. The van der Waals surface area contributed by atoms with Crippen LogP contribution in [-0.4, -0.2) is 50.7 Å². The maximum absolute atomic E-state index is 13.0. The number of aliphatic hydroxyl groups is 1. The lowest BCUT2D eigenvalue weighted by Crippen LogP contribution is -2.74. The predicted molar refractivity (Wildman–Crippen MR) is 55.8 cm³/mol. The Hall–Kier alpha value is -0.430. The van der Waals surface area contributed by atoms with Gasteiger partial charge in [-0.2, -0.15) is 70.2 Å². The highest BCUT2D eigenvalue weighted by Gasteiger charge is 2.94. The first kappa shape index (κ1) is 25.6. The average molecular weight is 544 g/mol. The van der Waals surface area contributed by atoms with Gasteiger partial charge in [-0.05, 0) is 0 Å². The van der Waals surface area contributed by atoms with Crippen LogP contribution >= 0.6 is 22.6 Å². The number of hydrogen-bond donors (Lipinski definition) is 1. The molecule has 158 valence electrons. The van der Waals surface area contributed by atoms with Crippen molar-refractivity contribution in [1.82, 2.24) is 0 Å². The smallest absolute Gasteiger partial charge is 0.352 e. The van der Waals surface area contributed by atoms with Gasteiger partial charge in [0.1, 0.15) is 0 Å². The molecule has 0 spiro atoms. The highest BCUT2D eigenvalue weighted by atomic mass is 127. The molecule has 0 rings (SSSR count). The Kier molecular flexibility index (Phi) is 5.93. The third-order valence-electron chi connectivity index (χ3n) is 2.73. The van der Waals surface area contributed by atoms with Crippen LogP contribution in [0.3, 0.4) is 0 Å². The average Bonchev–Trinajstić information content (AvgIpc) is 2.34. The standard InChI is InChI=1S/C8HF16IO/c9-1(10,3(13,14)5(17,18)7(20,21)22)2(11,12)4(15,16)6(19,26)8(23,24)25/h26H. The van der Waals surface area contributed by atoms with Crippen LogP contribution in [0.5, 0.6) is 0 Å². The van der Waals surface area contributed by atoms with Gasteiger partial charge in [0.2, 0.25) is 0 Å². The fraction of sp³-hybridized carbons (Fsp3) is 1.00. The Morgan fingerprint density at radius 1 is 0.423 bits per heavy atom. The molecule has 0 saturated carbocycles. The highest BCUT2D eigenvalue weighted by Crippen LogP contribution is 2.63. The molecule has 26 heavy (non-hydrogen) atoms. The molecule has 0 fully saturated rings. The van der Waals surface area contributed by atoms with Crippen molar-refractivity contribution in [2.45, 2.75) is 45.6 Å². The van der Waals surface area contributed by atoms with E-state index in [-0.39, 0.29) is 0 Å². The summed E-state index contributed by atoms with van der Waals surface area (Å²) in [5.74, 6) is -48.4. The molecule has 0 heterocycles. The number of halogens is 17. The molecule has 0 saturated heterocycles. The quantitative estimate of drug-likeness (QED) is 0.270. The van der Waals surface area contributed by atoms with Crippen molar-refractivity contribution < 1.29 is 75.4 Å². The van der Waals surface area contributed by atoms with Crippen LogP contribution < -0.4 is 0 Å². The second kappa shape index (κ2) is 6.03. The SMILES string of the molecule is OC(F)(C(F)(F)I)C(F)(F)C(F)(F)C(F)(F)C(F)(F)C(F)(F)C(F)(F)F. The summed E-state index contributed by atoms with van der Waals surface area (Å²) in [6, 6.07) is 0. The van der Waals surface area contributed by atoms with Gasteiger partial charge in [0, 0.05) is 22.6 Å². The summed E-state index contributed by atoms with van der Waals surface area (Å²) >= 11 is -0.869. The first-order valence-corrected chi connectivity index (χ1v) is 6.27. The van der Waals surface area contributed by atoms with Crippen molar-refractivity contribution >= 4 is 22.6 Å². The van der Waals surface area contributed by atoms with Crippen molar-refractivity contribution in [3.63, 3.8) is 0 Å². The van der Waals surface area contributed by atoms with Gasteiger partial charge in [-0.15, -0.1) is 0 Å². The van der Waals surface area contributed by atoms with E-state index in [4.69, 9.17) is 5.11 Å². The highest BCUT2D eigenvalue weighted by molar-refractivity contribution is 14.1. The number of hydrogen-bond acceptors (Lipinski definition) is 1. The van der Waals surface area contributed by atoms with Crippen LogP contribution in [0.25, 0.3) is 0 Å². The topological polar surface area (TPSA) is 20.2 Å². The Morgan fingerprint density at radius 3 is 0.885 bits per heavy atom. The van der Waals surface area contributed by atoms with Gasteiger partial charge < -0.3 is 5.11 Å². The summed E-state index contributed by atoms with van der Waals surface area (Å²) in [5, 5.41) is 8.06. The number of rotatable bonds is 6. The second-order valence-corrected chi connectivity index (χ2v) is 5.84. The lowest BCUT2D eigenvalue weighted by molar-refractivity contribution is -0.463.